The van der Waals surface area contributed by atoms with Crippen molar-refractivity contribution in [2.45, 2.75) is 83.6 Å². The van der Waals surface area contributed by atoms with Crippen LogP contribution in [0.15, 0.2) is 35.3 Å². The molecule has 168 valence electrons. The summed E-state index contributed by atoms with van der Waals surface area (Å²) in [6, 6.07) is 12.2. The average molecular weight is 424 g/mol. The number of benzene rings is 1. The fraction of sp³-hybridized carbons (Fsp3) is 0.625. The van der Waals surface area contributed by atoms with Crippen LogP contribution in [-0.4, -0.2) is 50.3 Å². The van der Waals surface area contributed by atoms with E-state index in [9.17, 15) is 0 Å². The van der Waals surface area contributed by atoms with Gasteiger partial charge >= 0.3 is 0 Å². The number of aliphatic imine (C=N–C) groups is 1. The largest absolute Gasteiger partial charge is 0.354 e. The highest BCUT2D eigenvalue weighted by atomic mass is 15.3. The minimum Gasteiger partial charge on any atom is -0.354 e. The number of nitrogens with one attached hydrogen (secondary N) is 2. The van der Waals surface area contributed by atoms with Crippen molar-refractivity contribution in [1.29, 1.82) is 0 Å². The van der Waals surface area contributed by atoms with Gasteiger partial charge in [-0.1, -0.05) is 49.6 Å². The van der Waals surface area contributed by atoms with Gasteiger partial charge in [-0.2, -0.15) is 0 Å². The van der Waals surface area contributed by atoms with E-state index in [1.165, 1.54) is 37.7 Å². The van der Waals surface area contributed by atoms with E-state index in [2.05, 4.69) is 63.0 Å². The van der Waals surface area contributed by atoms with E-state index in [1.807, 2.05) is 18.5 Å². The van der Waals surface area contributed by atoms with Crippen molar-refractivity contribution in [1.82, 2.24) is 30.3 Å². The van der Waals surface area contributed by atoms with Crippen molar-refractivity contribution >= 4 is 5.96 Å². The van der Waals surface area contributed by atoms with Crippen LogP contribution in [0.4, 0.5) is 0 Å². The monoisotopic (exact) mass is 423 g/mol. The molecular weight excluding hydrogens is 386 g/mol. The third-order valence-corrected chi connectivity index (χ3v) is 6.78. The molecule has 0 radical (unpaired) electrons. The van der Waals surface area contributed by atoms with Gasteiger partial charge in [0, 0.05) is 38.3 Å². The number of hydrogen-bond acceptors (Lipinski definition) is 4. The lowest BCUT2D eigenvalue weighted by molar-refractivity contribution is 0.258. The molecule has 1 saturated carbocycles. The van der Waals surface area contributed by atoms with E-state index in [4.69, 9.17) is 4.99 Å². The van der Waals surface area contributed by atoms with Gasteiger partial charge < -0.3 is 15.2 Å². The Morgan fingerprint density at radius 3 is 2.52 bits per heavy atom. The maximum absolute atomic E-state index is 4.91. The van der Waals surface area contributed by atoms with Gasteiger partial charge in [0.25, 0.3) is 0 Å². The first-order chi connectivity index (χ1) is 15.1. The van der Waals surface area contributed by atoms with Crippen LogP contribution in [0, 0.1) is 6.92 Å². The molecule has 2 fully saturated rings. The molecule has 0 amide bonds. The molecule has 2 heterocycles. The van der Waals surface area contributed by atoms with Crippen molar-refractivity contribution in [2.24, 2.45) is 12.0 Å². The Labute approximate surface area is 186 Å². The molecule has 4 rings (SSSR count). The van der Waals surface area contributed by atoms with Crippen LogP contribution < -0.4 is 10.6 Å². The zero-order valence-corrected chi connectivity index (χ0v) is 19.2. The van der Waals surface area contributed by atoms with Gasteiger partial charge in [-0.3, -0.25) is 4.90 Å². The van der Waals surface area contributed by atoms with Gasteiger partial charge in [0.1, 0.15) is 12.4 Å². The first kappa shape index (κ1) is 21.8. The molecule has 7 heteroatoms. The summed E-state index contributed by atoms with van der Waals surface area (Å²) in [5, 5.41) is 15.9. The van der Waals surface area contributed by atoms with Crippen LogP contribution >= 0.6 is 0 Å². The van der Waals surface area contributed by atoms with E-state index >= 15 is 0 Å². The zero-order chi connectivity index (χ0) is 21.6. The molecule has 0 spiro atoms. The first-order valence-electron chi connectivity index (χ1n) is 11.8. The smallest absolute Gasteiger partial charge is 0.192 e. The summed E-state index contributed by atoms with van der Waals surface area (Å²) in [4.78, 5) is 7.48. The third kappa shape index (κ3) is 5.85. The van der Waals surface area contributed by atoms with Crippen LogP contribution in [-0.2, 0) is 20.1 Å². The van der Waals surface area contributed by atoms with Crippen molar-refractivity contribution in [3.05, 3.63) is 47.5 Å². The van der Waals surface area contributed by atoms with Gasteiger partial charge in [-0.25, -0.2) is 4.99 Å². The molecule has 1 aromatic carbocycles. The minimum atomic E-state index is 0.398. The summed E-state index contributed by atoms with van der Waals surface area (Å²) >= 11 is 0. The molecule has 31 heavy (non-hydrogen) atoms. The number of nitrogens with zero attached hydrogens (tertiary/aromatic N) is 5. The highest BCUT2D eigenvalue weighted by Crippen LogP contribution is 2.21. The molecule has 2 unspecified atom stereocenters. The molecule has 2 N–H and O–H groups in total. The Morgan fingerprint density at radius 2 is 1.81 bits per heavy atom. The van der Waals surface area contributed by atoms with Crippen LogP contribution in [0.5, 0.6) is 0 Å². The summed E-state index contributed by atoms with van der Waals surface area (Å²) in [6.45, 7) is 6.88. The Hall–Kier alpha value is -2.41. The molecule has 1 aliphatic heterocycles. The molecule has 7 nitrogen and oxygen atoms in total. The van der Waals surface area contributed by atoms with E-state index < -0.39 is 0 Å². The van der Waals surface area contributed by atoms with Crippen LogP contribution in [0.25, 0.3) is 0 Å². The fourth-order valence-electron chi connectivity index (χ4n) is 4.75. The average Bonchev–Trinajstić information content (AvgIpc) is 3.29. The molecule has 1 aliphatic carbocycles. The topological polar surface area (TPSA) is 70.4 Å². The maximum Gasteiger partial charge on any atom is 0.192 e. The van der Waals surface area contributed by atoms with Gasteiger partial charge in [0.2, 0.25) is 0 Å². The first-order valence-corrected chi connectivity index (χ1v) is 11.8. The number of aryl methyl sites for hydroxylation is 1. The van der Waals surface area contributed by atoms with Gasteiger partial charge in [-0.05, 0) is 38.7 Å². The van der Waals surface area contributed by atoms with Crippen LogP contribution in [0.2, 0.25) is 0 Å². The SMILES string of the molecule is Cc1nnc(CN=C(NC2CCCCC2)NC2CC(C)N(Cc3ccccc3)C2)n1C. The molecule has 1 saturated heterocycles. The van der Waals surface area contributed by atoms with Crippen molar-refractivity contribution in [3.8, 4) is 0 Å². The van der Waals surface area contributed by atoms with Gasteiger partial charge in [0.05, 0.1) is 0 Å². The Balaban J connectivity index is 1.41. The number of likely N-dealkylation sites (tertiary alicyclic amines) is 1. The van der Waals surface area contributed by atoms with Crippen LogP contribution in [0.3, 0.4) is 0 Å². The Morgan fingerprint density at radius 1 is 1.06 bits per heavy atom. The summed E-state index contributed by atoms with van der Waals surface area (Å²) < 4.78 is 2.01. The normalized spacial score (nSPS) is 23.3. The lowest BCUT2D eigenvalue weighted by atomic mass is 9.96. The van der Waals surface area contributed by atoms with Crippen molar-refractivity contribution < 1.29 is 0 Å². The van der Waals surface area contributed by atoms with Crippen molar-refractivity contribution in [2.75, 3.05) is 6.54 Å². The van der Waals surface area contributed by atoms with E-state index in [0.29, 0.717) is 24.7 Å². The summed E-state index contributed by atoms with van der Waals surface area (Å²) in [5.74, 6) is 2.74. The number of guanidine groups is 1. The minimum absolute atomic E-state index is 0.398. The van der Waals surface area contributed by atoms with Gasteiger partial charge in [-0.15, -0.1) is 10.2 Å². The van der Waals surface area contributed by atoms with E-state index in [0.717, 1.165) is 37.1 Å². The lowest BCUT2D eigenvalue weighted by Crippen LogP contribution is -2.48. The molecule has 2 atom stereocenters. The predicted molar refractivity (Wildman–Crippen MR) is 125 cm³/mol. The van der Waals surface area contributed by atoms with Crippen molar-refractivity contribution in [3.63, 3.8) is 0 Å². The standard InChI is InChI=1S/C24H37N7/c1-18-14-22(17-31(18)16-20-10-6-4-7-11-20)27-24(26-21-12-8-5-9-13-21)25-15-23-29-28-19(2)30(23)3/h4,6-7,10-11,18,21-22H,5,8-9,12-17H2,1-3H3,(H2,25,26,27). The van der Waals surface area contributed by atoms with Crippen LogP contribution in [0.1, 0.15) is 62.7 Å². The second-order valence-corrected chi connectivity index (χ2v) is 9.21. The molecule has 1 aromatic heterocycles. The molecule has 2 aliphatic rings. The quantitative estimate of drug-likeness (QED) is 0.552. The Kier molecular flexibility index (Phi) is 7.22. The highest BCUT2D eigenvalue weighted by Gasteiger charge is 2.30. The molecule has 2 aromatic rings. The molecule has 0 bridgehead atoms. The van der Waals surface area contributed by atoms with E-state index in [1.54, 1.807) is 0 Å². The van der Waals surface area contributed by atoms with Gasteiger partial charge in [0.15, 0.2) is 11.8 Å². The lowest BCUT2D eigenvalue weighted by Gasteiger charge is -2.26. The summed E-state index contributed by atoms with van der Waals surface area (Å²) in [6.07, 6.45) is 7.54. The maximum atomic E-state index is 4.91. The summed E-state index contributed by atoms with van der Waals surface area (Å²) in [5.41, 5.74) is 1.38. The zero-order valence-electron chi connectivity index (χ0n) is 19.2. The predicted octanol–water partition coefficient (Wildman–Crippen LogP) is 3.15. The molecular formula is C24H37N7. The number of aromatic nitrogens is 3. The summed E-state index contributed by atoms with van der Waals surface area (Å²) in [7, 11) is 2.00. The third-order valence-electron chi connectivity index (χ3n) is 6.78. The Bertz CT molecular complexity index is 854. The second kappa shape index (κ2) is 10.3. The van der Waals surface area contributed by atoms with E-state index in [-0.39, 0.29) is 0 Å². The highest BCUT2D eigenvalue weighted by molar-refractivity contribution is 5.80. The fourth-order valence-corrected chi connectivity index (χ4v) is 4.75. The number of rotatable bonds is 6. The number of hydrogen-bond donors (Lipinski definition) is 2. The second-order valence-electron chi connectivity index (χ2n) is 9.21.